The molecule has 0 saturated carbocycles. The van der Waals surface area contributed by atoms with Gasteiger partial charge < -0.3 is 4.74 Å². The molecule has 1 aromatic heterocycles. The van der Waals surface area contributed by atoms with Crippen LogP contribution in [0.5, 0.6) is 5.88 Å². The average molecular weight is 253 g/mol. The van der Waals surface area contributed by atoms with Crippen LogP contribution < -0.4 is 4.74 Å². The molecule has 0 N–H and O–H groups in total. The minimum Gasteiger partial charge on any atom is -0.481 e. The van der Waals surface area contributed by atoms with Gasteiger partial charge in [-0.2, -0.15) is 0 Å². The van der Waals surface area contributed by atoms with Crippen LogP contribution in [0.15, 0.2) is 24.4 Å². The van der Waals surface area contributed by atoms with Crippen molar-refractivity contribution in [1.82, 2.24) is 4.98 Å². The van der Waals surface area contributed by atoms with E-state index in [1.807, 2.05) is 6.20 Å². The molecule has 0 atom stereocenters. The average Bonchev–Trinajstić information content (AvgIpc) is 2.88. The summed E-state index contributed by atoms with van der Waals surface area (Å²) in [5.74, 6) is 0.733. The fraction of sp³-hybridized carbons (Fsp3) is 0.353. The van der Waals surface area contributed by atoms with E-state index in [0.717, 1.165) is 11.4 Å². The molecule has 1 aromatic carbocycles. The van der Waals surface area contributed by atoms with Crippen molar-refractivity contribution in [2.24, 2.45) is 0 Å². The predicted molar refractivity (Wildman–Crippen MR) is 77.7 cm³/mol. The first-order chi connectivity index (χ1) is 9.22. The van der Waals surface area contributed by atoms with E-state index in [4.69, 9.17) is 4.74 Å². The number of methoxy groups -OCH3 is 1. The number of fused-ring (bicyclic) bond motifs is 1. The summed E-state index contributed by atoms with van der Waals surface area (Å²) in [6.45, 7) is 4.23. The third-order valence-electron chi connectivity index (χ3n) is 4.07. The van der Waals surface area contributed by atoms with E-state index < -0.39 is 0 Å². The lowest BCUT2D eigenvalue weighted by Gasteiger charge is -2.15. The van der Waals surface area contributed by atoms with Crippen LogP contribution in [-0.2, 0) is 12.8 Å². The molecule has 19 heavy (non-hydrogen) atoms. The van der Waals surface area contributed by atoms with Gasteiger partial charge in [-0.15, -0.1) is 0 Å². The zero-order valence-corrected chi connectivity index (χ0v) is 11.8. The minimum absolute atomic E-state index is 0.733. The highest BCUT2D eigenvalue weighted by molar-refractivity contribution is 5.76. The maximum Gasteiger partial charge on any atom is 0.216 e. The topological polar surface area (TPSA) is 22.1 Å². The summed E-state index contributed by atoms with van der Waals surface area (Å²) in [4.78, 5) is 4.35. The van der Waals surface area contributed by atoms with Crippen LogP contribution in [0.1, 0.15) is 28.7 Å². The smallest absolute Gasteiger partial charge is 0.216 e. The number of rotatable bonds is 2. The van der Waals surface area contributed by atoms with Crippen molar-refractivity contribution in [3.05, 3.63) is 46.6 Å². The highest BCUT2D eigenvalue weighted by atomic mass is 16.5. The van der Waals surface area contributed by atoms with Gasteiger partial charge in [-0.05, 0) is 60.9 Å². The van der Waals surface area contributed by atoms with E-state index in [0.29, 0.717) is 0 Å². The Morgan fingerprint density at radius 1 is 1.16 bits per heavy atom. The number of nitrogens with zero attached hydrogens (tertiary/aromatic N) is 1. The van der Waals surface area contributed by atoms with Crippen molar-refractivity contribution in [3.63, 3.8) is 0 Å². The Hall–Kier alpha value is -1.83. The van der Waals surface area contributed by atoms with Crippen molar-refractivity contribution in [2.75, 3.05) is 7.11 Å². The molecule has 0 radical (unpaired) electrons. The number of aryl methyl sites for hydroxylation is 2. The summed E-state index contributed by atoms with van der Waals surface area (Å²) in [7, 11) is 1.68. The summed E-state index contributed by atoms with van der Waals surface area (Å²) < 4.78 is 5.37. The lowest BCUT2D eigenvalue weighted by molar-refractivity contribution is 0.394. The minimum atomic E-state index is 0.733. The molecule has 1 aliphatic carbocycles. The Balaban J connectivity index is 2.26. The Kier molecular flexibility index (Phi) is 3.02. The molecule has 0 fully saturated rings. The predicted octanol–water partition coefficient (Wildman–Crippen LogP) is 3.86. The summed E-state index contributed by atoms with van der Waals surface area (Å²) in [5, 5.41) is 0. The van der Waals surface area contributed by atoms with Gasteiger partial charge in [-0.25, -0.2) is 4.98 Å². The second kappa shape index (κ2) is 4.69. The fourth-order valence-electron chi connectivity index (χ4n) is 3.19. The quantitative estimate of drug-likeness (QED) is 0.810. The molecule has 0 bridgehead atoms. The molecule has 2 nitrogen and oxygen atoms in total. The lowest BCUT2D eigenvalue weighted by atomic mass is 9.92. The van der Waals surface area contributed by atoms with Crippen molar-refractivity contribution in [3.8, 4) is 17.0 Å². The normalized spacial score (nSPS) is 13.4. The van der Waals surface area contributed by atoms with Crippen LogP contribution in [0.3, 0.4) is 0 Å². The first-order valence-electron chi connectivity index (χ1n) is 6.83. The Labute approximate surface area is 114 Å². The van der Waals surface area contributed by atoms with Crippen molar-refractivity contribution in [1.29, 1.82) is 0 Å². The largest absolute Gasteiger partial charge is 0.481 e. The molecule has 0 spiro atoms. The fourth-order valence-corrected chi connectivity index (χ4v) is 3.19. The first kappa shape index (κ1) is 12.2. The van der Waals surface area contributed by atoms with E-state index in [1.54, 1.807) is 7.11 Å². The van der Waals surface area contributed by atoms with Crippen molar-refractivity contribution in [2.45, 2.75) is 33.1 Å². The number of hydrogen-bond acceptors (Lipinski definition) is 2. The summed E-state index contributed by atoms with van der Waals surface area (Å²) >= 11 is 0. The molecule has 0 aliphatic heterocycles. The van der Waals surface area contributed by atoms with Gasteiger partial charge in [-0.1, -0.05) is 18.2 Å². The molecule has 2 heteroatoms. The maximum absolute atomic E-state index is 5.37. The second-order valence-corrected chi connectivity index (χ2v) is 5.25. The maximum atomic E-state index is 5.37. The third-order valence-corrected chi connectivity index (χ3v) is 4.07. The van der Waals surface area contributed by atoms with Crippen LogP contribution in [-0.4, -0.2) is 12.1 Å². The summed E-state index contributed by atoms with van der Waals surface area (Å²) in [6, 6.07) is 6.67. The number of hydrogen-bond donors (Lipinski definition) is 0. The standard InChI is InChI=1S/C17H19NO/c1-11-10-18-17(19-3)12(2)16(11)15-9-5-7-13-6-4-8-14(13)15/h5,7,9-10H,4,6,8H2,1-3H3. The van der Waals surface area contributed by atoms with Crippen LogP contribution in [0.25, 0.3) is 11.1 Å². The number of ether oxygens (including phenoxy) is 1. The van der Waals surface area contributed by atoms with E-state index in [2.05, 4.69) is 37.0 Å². The van der Waals surface area contributed by atoms with Gasteiger partial charge >= 0.3 is 0 Å². The Morgan fingerprint density at radius 2 is 2.00 bits per heavy atom. The zero-order chi connectivity index (χ0) is 13.4. The SMILES string of the molecule is COc1ncc(C)c(-c2cccc3c2CCC3)c1C. The molecule has 98 valence electrons. The van der Waals surface area contributed by atoms with Crippen LogP contribution in [0.4, 0.5) is 0 Å². The number of benzene rings is 1. The molecule has 1 aliphatic rings. The Bertz CT molecular complexity index is 631. The number of pyridine rings is 1. The van der Waals surface area contributed by atoms with E-state index in [9.17, 15) is 0 Å². The van der Waals surface area contributed by atoms with Crippen molar-refractivity contribution < 1.29 is 4.74 Å². The second-order valence-electron chi connectivity index (χ2n) is 5.25. The third kappa shape index (κ3) is 1.92. The Morgan fingerprint density at radius 3 is 2.79 bits per heavy atom. The van der Waals surface area contributed by atoms with Crippen LogP contribution >= 0.6 is 0 Å². The van der Waals surface area contributed by atoms with Gasteiger partial charge in [0.15, 0.2) is 0 Å². The monoisotopic (exact) mass is 253 g/mol. The molecular weight excluding hydrogens is 234 g/mol. The highest BCUT2D eigenvalue weighted by Gasteiger charge is 2.19. The number of aromatic nitrogens is 1. The molecule has 0 unspecified atom stereocenters. The highest BCUT2D eigenvalue weighted by Crippen LogP contribution is 2.37. The molecule has 3 rings (SSSR count). The molecule has 1 heterocycles. The van der Waals surface area contributed by atoms with Gasteiger partial charge in [0.05, 0.1) is 7.11 Å². The molecule has 0 saturated heterocycles. The summed E-state index contributed by atoms with van der Waals surface area (Å²) in [6.07, 6.45) is 5.58. The molecular formula is C17H19NO. The van der Waals surface area contributed by atoms with Gasteiger partial charge in [0, 0.05) is 11.8 Å². The van der Waals surface area contributed by atoms with Gasteiger partial charge in [0.1, 0.15) is 0 Å². The van der Waals surface area contributed by atoms with Gasteiger partial charge in [0.25, 0.3) is 0 Å². The van der Waals surface area contributed by atoms with Crippen molar-refractivity contribution >= 4 is 0 Å². The van der Waals surface area contributed by atoms with Gasteiger partial charge in [-0.3, -0.25) is 0 Å². The lowest BCUT2D eigenvalue weighted by Crippen LogP contribution is -1.98. The van der Waals surface area contributed by atoms with E-state index >= 15 is 0 Å². The summed E-state index contributed by atoms with van der Waals surface area (Å²) in [5.41, 5.74) is 8.05. The van der Waals surface area contributed by atoms with Crippen LogP contribution in [0.2, 0.25) is 0 Å². The van der Waals surface area contributed by atoms with Crippen LogP contribution in [0, 0.1) is 13.8 Å². The molecule has 0 amide bonds. The van der Waals surface area contributed by atoms with E-state index in [-0.39, 0.29) is 0 Å². The van der Waals surface area contributed by atoms with Gasteiger partial charge in [0.2, 0.25) is 5.88 Å². The van der Waals surface area contributed by atoms with E-state index in [1.165, 1.54) is 47.1 Å². The first-order valence-corrected chi connectivity index (χ1v) is 6.83. The molecule has 2 aromatic rings. The zero-order valence-electron chi connectivity index (χ0n) is 11.8.